The maximum atomic E-state index is 13.2. The van der Waals surface area contributed by atoms with Gasteiger partial charge in [-0.1, -0.05) is 0 Å². The maximum Gasteiger partial charge on any atom is 0.139 e. The normalized spacial score (nSPS) is 13.2. The van der Waals surface area contributed by atoms with E-state index in [1.165, 1.54) is 17.7 Å². The van der Waals surface area contributed by atoms with E-state index in [1.54, 1.807) is 18.5 Å². The van der Waals surface area contributed by atoms with Crippen LogP contribution in [0.15, 0.2) is 30.6 Å². The van der Waals surface area contributed by atoms with Crippen LogP contribution in [0.1, 0.15) is 24.1 Å². The number of hydrogen-bond acceptors (Lipinski definition) is 4. The zero-order valence-corrected chi connectivity index (χ0v) is 11.9. The molecule has 1 aromatic carbocycles. The Labute approximate surface area is 123 Å². The number of benzene rings is 1. The van der Waals surface area contributed by atoms with Gasteiger partial charge in [0.15, 0.2) is 0 Å². The van der Waals surface area contributed by atoms with Gasteiger partial charge < -0.3 is 10.6 Å². The van der Waals surface area contributed by atoms with Crippen molar-refractivity contribution in [3.05, 3.63) is 47.7 Å². The number of rotatable bonds is 5. The van der Waals surface area contributed by atoms with Gasteiger partial charge in [0.2, 0.25) is 0 Å². The number of aromatic nitrogens is 2. The third-order valence-corrected chi connectivity index (χ3v) is 3.83. The average Bonchev–Trinajstić information content (AvgIpc) is 2.98. The van der Waals surface area contributed by atoms with E-state index in [0.29, 0.717) is 6.54 Å². The van der Waals surface area contributed by atoms with Crippen molar-refractivity contribution in [3.63, 3.8) is 0 Å². The molecule has 21 heavy (non-hydrogen) atoms. The smallest absolute Gasteiger partial charge is 0.139 e. The topological polar surface area (TPSA) is 55.0 Å². The largest absolute Gasteiger partial charge is 0.330 e. The van der Waals surface area contributed by atoms with E-state index in [-0.39, 0.29) is 5.82 Å². The highest BCUT2D eigenvalue weighted by molar-refractivity contribution is 5.64. The van der Waals surface area contributed by atoms with E-state index >= 15 is 0 Å². The van der Waals surface area contributed by atoms with Gasteiger partial charge in [0.05, 0.1) is 0 Å². The zero-order chi connectivity index (χ0) is 14.7. The predicted molar refractivity (Wildman–Crippen MR) is 81.1 cm³/mol. The van der Waals surface area contributed by atoms with Gasteiger partial charge in [-0.05, 0) is 56.5 Å². The first-order valence-corrected chi connectivity index (χ1v) is 7.35. The van der Waals surface area contributed by atoms with Gasteiger partial charge >= 0.3 is 0 Å². The van der Waals surface area contributed by atoms with E-state index in [1.807, 2.05) is 0 Å². The van der Waals surface area contributed by atoms with Gasteiger partial charge in [-0.2, -0.15) is 0 Å². The van der Waals surface area contributed by atoms with Gasteiger partial charge in [-0.25, -0.2) is 14.4 Å². The molecule has 0 atom stereocenters. The van der Waals surface area contributed by atoms with Crippen LogP contribution in [0.5, 0.6) is 0 Å². The van der Waals surface area contributed by atoms with Crippen molar-refractivity contribution in [1.82, 2.24) is 9.97 Å². The second-order valence-corrected chi connectivity index (χ2v) is 5.25. The van der Waals surface area contributed by atoms with E-state index in [4.69, 9.17) is 5.73 Å². The fourth-order valence-corrected chi connectivity index (χ4v) is 2.80. The molecule has 0 spiro atoms. The molecule has 0 radical (unpaired) electrons. The number of nitrogens with two attached hydrogens (primary N) is 1. The Morgan fingerprint density at radius 2 is 1.95 bits per heavy atom. The Balaban J connectivity index is 1.99. The maximum absolute atomic E-state index is 13.2. The van der Waals surface area contributed by atoms with Crippen LogP contribution in [0.3, 0.4) is 0 Å². The third-order valence-electron chi connectivity index (χ3n) is 3.83. The van der Waals surface area contributed by atoms with E-state index in [9.17, 15) is 4.39 Å². The predicted octanol–water partition coefficient (Wildman–Crippen LogP) is 2.59. The molecule has 110 valence electrons. The van der Waals surface area contributed by atoms with Gasteiger partial charge in [-0.3, -0.25) is 0 Å². The summed E-state index contributed by atoms with van der Waals surface area (Å²) < 4.78 is 13.2. The lowest BCUT2D eigenvalue weighted by molar-refractivity contribution is 0.627. The molecule has 0 amide bonds. The highest BCUT2D eigenvalue weighted by atomic mass is 19.1. The second-order valence-electron chi connectivity index (χ2n) is 5.25. The van der Waals surface area contributed by atoms with Crippen molar-refractivity contribution in [2.75, 3.05) is 18.0 Å². The summed E-state index contributed by atoms with van der Waals surface area (Å²) in [5, 5.41) is 0. The lowest BCUT2D eigenvalue weighted by atomic mass is 10.2. The molecule has 1 heterocycles. The molecule has 1 aromatic heterocycles. The summed E-state index contributed by atoms with van der Waals surface area (Å²) in [4.78, 5) is 11.0. The van der Waals surface area contributed by atoms with Crippen LogP contribution in [-0.2, 0) is 12.8 Å². The van der Waals surface area contributed by atoms with Crippen molar-refractivity contribution >= 4 is 11.5 Å². The molecule has 3 rings (SSSR count). The van der Waals surface area contributed by atoms with E-state index < -0.39 is 0 Å². The first-order valence-electron chi connectivity index (χ1n) is 7.35. The standard InChI is InChI=1S/C16H19FN4/c17-12-5-7-13(8-6-12)21(10-2-9-18)16-14-3-1-4-15(14)19-11-20-16/h5-8,11H,1-4,9-10,18H2. The molecule has 0 bridgehead atoms. The highest BCUT2D eigenvalue weighted by Gasteiger charge is 2.21. The van der Waals surface area contributed by atoms with Crippen LogP contribution in [-0.4, -0.2) is 23.1 Å². The summed E-state index contributed by atoms with van der Waals surface area (Å²) in [6.07, 6.45) is 5.62. The number of nitrogens with zero attached hydrogens (tertiary/aromatic N) is 3. The monoisotopic (exact) mass is 286 g/mol. The summed E-state index contributed by atoms with van der Waals surface area (Å²) >= 11 is 0. The van der Waals surface area contributed by atoms with Gasteiger partial charge in [0, 0.05) is 23.5 Å². The fraction of sp³-hybridized carbons (Fsp3) is 0.375. The minimum atomic E-state index is -0.231. The molecule has 0 saturated heterocycles. The molecule has 0 aliphatic heterocycles. The van der Waals surface area contributed by atoms with Crippen LogP contribution in [0, 0.1) is 5.82 Å². The molecule has 0 fully saturated rings. The van der Waals surface area contributed by atoms with Crippen LogP contribution < -0.4 is 10.6 Å². The van der Waals surface area contributed by atoms with Crippen LogP contribution >= 0.6 is 0 Å². The molecule has 1 aliphatic rings. The third kappa shape index (κ3) is 2.88. The van der Waals surface area contributed by atoms with Crippen molar-refractivity contribution in [2.45, 2.75) is 25.7 Å². The van der Waals surface area contributed by atoms with Crippen LogP contribution in [0.2, 0.25) is 0 Å². The molecule has 0 saturated carbocycles. The van der Waals surface area contributed by atoms with E-state index in [0.717, 1.165) is 49.4 Å². The van der Waals surface area contributed by atoms with Crippen molar-refractivity contribution in [2.24, 2.45) is 5.73 Å². The number of aryl methyl sites for hydroxylation is 1. The Hall–Kier alpha value is -2.01. The first kappa shape index (κ1) is 13.9. The molecule has 4 nitrogen and oxygen atoms in total. The number of halogens is 1. The molecule has 1 aliphatic carbocycles. The number of hydrogen-bond donors (Lipinski definition) is 1. The van der Waals surface area contributed by atoms with Crippen LogP contribution in [0.4, 0.5) is 15.9 Å². The zero-order valence-electron chi connectivity index (χ0n) is 11.9. The molecule has 2 aromatic rings. The summed E-state index contributed by atoms with van der Waals surface area (Å²) in [6.45, 7) is 1.39. The van der Waals surface area contributed by atoms with Gasteiger partial charge in [0.1, 0.15) is 18.0 Å². The Morgan fingerprint density at radius 3 is 2.71 bits per heavy atom. The molecular formula is C16H19FN4. The Kier molecular flexibility index (Phi) is 4.10. The van der Waals surface area contributed by atoms with Crippen LogP contribution in [0.25, 0.3) is 0 Å². The van der Waals surface area contributed by atoms with Gasteiger partial charge in [0.25, 0.3) is 0 Å². The van der Waals surface area contributed by atoms with Crippen molar-refractivity contribution in [3.8, 4) is 0 Å². The second kappa shape index (κ2) is 6.18. The Morgan fingerprint density at radius 1 is 1.14 bits per heavy atom. The molecule has 2 N–H and O–H groups in total. The number of anilines is 2. The minimum Gasteiger partial charge on any atom is -0.330 e. The quantitative estimate of drug-likeness (QED) is 0.918. The van der Waals surface area contributed by atoms with Crippen molar-refractivity contribution in [1.29, 1.82) is 0 Å². The molecular weight excluding hydrogens is 267 g/mol. The summed E-state index contributed by atoms with van der Waals surface area (Å²) in [6, 6.07) is 6.53. The first-order chi connectivity index (χ1) is 10.3. The van der Waals surface area contributed by atoms with E-state index in [2.05, 4.69) is 14.9 Å². The lowest BCUT2D eigenvalue weighted by Gasteiger charge is -2.25. The lowest BCUT2D eigenvalue weighted by Crippen LogP contribution is -2.23. The summed E-state index contributed by atoms with van der Waals surface area (Å²) in [7, 11) is 0. The van der Waals surface area contributed by atoms with Gasteiger partial charge in [-0.15, -0.1) is 0 Å². The summed E-state index contributed by atoms with van der Waals surface area (Å²) in [5.74, 6) is 0.711. The molecule has 0 unspecified atom stereocenters. The van der Waals surface area contributed by atoms with Crippen molar-refractivity contribution < 1.29 is 4.39 Å². The minimum absolute atomic E-state index is 0.231. The SMILES string of the molecule is NCCCN(c1ccc(F)cc1)c1ncnc2c1CCC2. The summed E-state index contributed by atoms with van der Waals surface area (Å²) in [5.41, 5.74) is 8.95. The highest BCUT2D eigenvalue weighted by Crippen LogP contribution is 2.32. The Bertz CT molecular complexity index is 612. The average molecular weight is 286 g/mol. The fourth-order valence-electron chi connectivity index (χ4n) is 2.80. The molecule has 5 heteroatoms. The number of fused-ring (bicyclic) bond motifs is 1.